The van der Waals surface area contributed by atoms with Crippen LogP contribution >= 0.6 is 0 Å². The molecule has 2 rings (SSSR count). The predicted molar refractivity (Wildman–Crippen MR) is 69.7 cm³/mol. The van der Waals surface area contributed by atoms with Gasteiger partial charge in [-0.2, -0.15) is 0 Å². The molecule has 0 spiro atoms. The average molecular weight is 322 g/mol. The number of rotatable bonds is 2. The van der Waals surface area contributed by atoms with E-state index in [0.717, 1.165) is 0 Å². The summed E-state index contributed by atoms with van der Waals surface area (Å²) in [6, 6.07) is 0. The largest absolute Gasteiger partial charge is 0.388 e. The molecule has 2 heterocycles. The fraction of sp³-hybridized carbons (Fsp3) is 0.923. The molecule has 0 saturated carbocycles. The Morgan fingerprint density at radius 2 is 0.955 bits per heavy atom. The van der Waals surface area contributed by atoms with Crippen LogP contribution in [0.5, 0.6) is 0 Å². The lowest BCUT2D eigenvalue weighted by molar-refractivity contribution is -0.239. The topological polar surface area (TPSA) is 157 Å². The average Bonchev–Trinajstić information content (AvgIpc) is 2.49. The molecule has 0 aromatic heterocycles. The van der Waals surface area contributed by atoms with E-state index in [1.807, 2.05) is 0 Å². The first-order chi connectivity index (χ1) is 10.2. The van der Waals surface area contributed by atoms with E-state index in [9.17, 15) is 35.4 Å². The van der Waals surface area contributed by atoms with Gasteiger partial charge in [-0.3, -0.25) is 4.79 Å². The highest BCUT2D eigenvalue weighted by molar-refractivity contribution is 5.89. The van der Waals surface area contributed by atoms with Gasteiger partial charge in [0.05, 0.1) is 12.2 Å². The number of ketones is 1. The molecule has 6 N–H and O–H groups in total. The molecule has 0 aromatic rings. The molecular formula is C13H22O9. The van der Waals surface area contributed by atoms with E-state index < -0.39 is 66.8 Å². The number of aliphatic hydroxyl groups excluding tert-OH is 6. The van der Waals surface area contributed by atoms with Crippen LogP contribution in [0.1, 0.15) is 13.8 Å². The van der Waals surface area contributed by atoms with Gasteiger partial charge < -0.3 is 40.1 Å². The number of Topliss-reactive ketones (excluding diaryl/α,β-unsaturated/α-hetero) is 1. The van der Waals surface area contributed by atoms with E-state index in [1.54, 1.807) is 0 Å². The molecule has 10 atom stereocenters. The van der Waals surface area contributed by atoms with E-state index >= 15 is 0 Å². The highest BCUT2D eigenvalue weighted by Gasteiger charge is 2.51. The third kappa shape index (κ3) is 2.91. The molecule has 0 amide bonds. The van der Waals surface area contributed by atoms with Crippen molar-refractivity contribution < 1.29 is 44.9 Å². The fourth-order valence-electron chi connectivity index (χ4n) is 2.73. The molecule has 2 aliphatic heterocycles. The van der Waals surface area contributed by atoms with Crippen LogP contribution < -0.4 is 0 Å². The zero-order valence-electron chi connectivity index (χ0n) is 12.2. The minimum absolute atomic E-state index is 0.879. The zero-order chi connectivity index (χ0) is 16.8. The zero-order valence-corrected chi connectivity index (χ0v) is 12.2. The number of carbonyl (C=O) groups excluding carboxylic acids is 1. The van der Waals surface area contributed by atoms with Gasteiger partial charge >= 0.3 is 0 Å². The van der Waals surface area contributed by atoms with Crippen LogP contribution in [-0.2, 0) is 14.3 Å². The van der Waals surface area contributed by atoms with Gasteiger partial charge in [-0.05, 0) is 13.8 Å². The second-order valence-corrected chi connectivity index (χ2v) is 5.87. The Labute approximate surface area is 126 Å². The van der Waals surface area contributed by atoms with Gasteiger partial charge in [-0.1, -0.05) is 0 Å². The van der Waals surface area contributed by atoms with Gasteiger partial charge in [0, 0.05) is 0 Å². The van der Waals surface area contributed by atoms with Crippen molar-refractivity contribution >= 4 is 5.78 Å². The molecule has 2 saturated heterocycles. The number of hydrogen-bond donors (Lipinski definition) is 6. The van der Waals surface area contributed by atoms with Crippen molar-refractivity contribution in [3.05, 3.63) is 0 Å². The summed E-state index contributed by atoms with van der Waals surface area (Å²) in [6.45, 7) is 2.83. The first kappa shape index (κ1) is 17.7. The molecule has 9 heteroatoms. The maximum absolute atomic E-state index is 12.4. The lowest BCUT2D eigenvalue weighted by Crippen LogP contribution is -2.65. The third-order valence-electron chi connectivity index (χ3n) is 4.27. The van der Waals surface area contributed by atoms with Crippen LogP contribution in [-0.4, -0.2) is 97.5 Å². The van der Waals surface area contributed by atoms with Crippen molar-refractivity contribution in [3.63, 3.8) is 0 Å². The summed E-state index contributed by atoms with van der Waals surface area (Å²) >= 11 is 0. The number of ether oxygens (including phenoxy) is 2. The monoisotopic (exact) mass is 322 g/mol. The van der Waals surface area contributed by atoms with Crippen LogP contribution in [0.2, 0.25) is 0 Å². The van der Waals surface area contributed by atoms with Crippen molar-refractivity contribution in [2.24, 2.45) is 0 Å². The van der Waals surface area contributed by atoms with Crippen LogP contribution in [0, 0.1) is 0 Å². The molecular weight excluding hydrogens is 300 g/mol. The number of aliphatic hydroxyl groups is 6. The van der Waals surface area contributed by atoms with Gasteiger partial charge in [-0.25, -0.2) is 0 Å². The second-order valence-electron chi connectivity index (χ2n) is 5.87. The van der Waals surface area contributed by atoms with Gasteiger partial charge in [0.25, 0.3) is 0 Å². The fourth-order valence-corrected chi connectivity index (χ4v) is 2.73. The van der Waals surface area contributed by atoms with Crippen molar-refractivity contribution in [2.45, 2.75) is 74.9 Å². The Bertz CT molecular complexity index is 380. The van der Waals surface area contributed by atoms with E-state index in [0.29, 0.717) is 0 Å². The molecule has 0 aliphatic carbocycles. The van der Waals surface area contributed by atoms with E-state index in [1.165, 1.54) is 13.8 Å². The lowest BCUT2D eigenvalue weighted by Gasteiger charge is -2.43. The Kier molecular flexibility index (Phi) is 5.20. The minimum Gasteiger partial charge on any atom is -0.388 e. The highest BCUT2D eigenvalue weighted by Crippen LogP contribution is 2.27. The first-order valence-corrected chi connectivity index (χ1v) is 7.09. The highest BCUT2D eigenvalue weighted by atomic mass is 16.6. The normalized spacial score (nSPS) is 53.3. The Morgan fingerprint density at radius 1 is 0.636 bits per heavy atom. The quantitative estimate of drug-likeness (QED) is 0.301. The van der Waals surface area contributed by atoms with Crippen LogP contribution in [0.25, 0.3) is 0 Å². The van der Waals surface area contributed by atoms with Gasteiger partial charge in [0.1, 0.15) is 48.8 Å². The molecule has 0 bridgehead atoms. The summed E-state index contributed by atoms with van der Waals surface area (Å²) in [7, 11) is 0. The predicted octanol–water partition coefficient (Wildman–Crippen LogP) is -3.70. The van der Waals surface area contributed by atoms with E-state index in [-0.39, 0.29) is 0 Å². The number of carbonyl (C=O) groups is 1. The lowest BCUT2D eigenvalue weighted by atomic mass is 9.87. The Balaban J connectivity index is 2.16. The summed E-state index contributed by atoms with van der Waals surface area (Å²) < 4.78 is 10.4. The molecule has 22 heavy (non-hydrogen) atoms. The summed E-state index contributed by atoms with van der Waals surface area (Å²) in [6.07, 6.45) is -14.2. The van der Waals surface area contributed by atoms with Crippen LogP contribution in [0.15, 0.2) is 0 Å². The maximum Gasteiger partial charge on any atom is 0.195 e. The second kappa shape index (κ2) is 6.46. The number of hydrogen-bond acceptors (Lipinski definition) is 9. The van der Waals surface area contributed by atoms with Crippen LogP contribution in [0.3, 0.4) is 0 Å². The van der Waals surface area contributed by atoms with Crippen molar-refractivity contribution in [1.29, 1.82) is 0 Å². The molecule has 9 nitrogen and oxygen atoms in total. The smallest absolute Gasteiger partial charge is 0.195 e. The summed E-state index contributed by atoms with van der Waals surface area (Å²) in [4.78, 5) is 12.4. The van der Waals surface area contributed by atoms with Crippen molar-refractivity contribution in [1.82, 2.24) is 0 Å². The van der Waals surface area contributed by atoms with Crippen molar-refractivity contribution in [2.75, 3.05) is 0 Å². The molecule has 0 aromatic carbocycles. The summed E-state index contributed by atoms with van der Waals surface area (Å²) in [5.41, 5.74) is 0. The SMILES string of the molecule is C[C@@H]1OC(C(=O)C2O[C@@H](C)[C@H](O)[C@@H](O)[C@H]2O)[C@H](O)[C@H](O)[C@H]1O. The summed E-state index contributed by atoms with van der Waals surface area (Å²) in [5, 5.41) is 58.4. The Morgan fingerprint density at radius 3 is 1.27 bits per heavy atom. The van der Waals surface area contributed by atoms with Crippen LogP contribution in [0.4, 0.5) is 0 Å². The van der Waals surface area contributed by atoms with Gasteiger partial charge in [0.15, 0.2) is 5.78 Å². The maximum atomic E-state index is 12.4. The molecule has 2 fully saturated rings. The molecule has 2 unspecified atom stereocenters. The van der Waals surface area contributed by atoms with E-state index in [2.05, 4.69) is 0 Å². The van der Waals surface area contributed by atoms with Gasteiger partial charge in [0.2, 0.25) is 0 Å². The standard InChI is InChI=1S/C13H22O9/c1-3-5(14)7(16)9(18)12(21-3)11(20)13-10(19)8(17)6(15)4(2)22-13/h3-10,12-19H,1-2H3/t3-,4-,5-,6-,7+,8+,9+,10+,12?,13?/m0/s1. The molecule has 2 aliphatic rings. The Hall–Kier alpha value is -0.650. The van der Waals surface area contributed by atoms with Crippen molar-refractivity contribution in [3.8, 4) is 0 Å². The minimum atomic E-state index is -1.70. The third-order valence-corrected chi connectivity index (χ3v) is 4.27. The van der Waals surface area contributed by atoms with Gasteiger partial charge in [-0.15, -0.1) is 0 Å². The molecule has 128 valence electrons. The summed E-state index contributed by atoms with van der Waals surface area (Å²) in [5.74, 6) is -0.879. The first-order valence-electron chi connectivity index (χ1n) is 7.09. The molecule has 0 radical (unpaired) electrons. The van der Waals surface area contributed by atoms with E-state index in [4.69, 9.17) is 9.47 Å².